The summed E-state index contributed by atoms with van der Waals surface area (Å²) in [6.45, 7) is 4.33. The molecule has 1 N–H and O–H groups in total. The molecule has 0 atom stereocenters. The molecule has 0 spiro atoms. The van der Waals surface area contributed by atoms with Crippen molar-refractivity contribution < 1.29 is 14.6 Å². The van der Waals surface area contributed by atoms with E-state index in [-0.39, 0.29) is 4.88 Å². The van der Waals surface area contributed by atoms with Gasteiger partial charge in [-0.25, -0.2) is 9.78 Å². The van der Waals surface area contributed by atoms with Gasteiger partial charge >= 0.3 is 5.97 Å². The van der Waals surface area contributed by atoms with Gasteiger partial charge in [-0.05, 0) is 37.1 Å². The minimum absolute atomic E-state index is 0.257. The number of carboxylic acids is 1. The summed E-state index contributed by atoms with van der Waals surface area (Å²) in [5.41, 5.74) is 3.51. The molecule has 0 radical (unpaired) electrons. The number of benzene rings is 2. The molecule has 3 aromatic rings. The molecule has 0 aliphatic heterocycles. The molecule has 4 nitrogen and oxygen atoms in total. The minimum atomic E-state index is -0.963. The van der Waals surface area contributed by atoms with Crippen molar-refractivity contribution in [3.05, 3.63) is 69.2 Å². The van der Waals surface area contributed by atoms with Gasteiger partial charge < -0.3 is 9.84 Å². The summed E-state index contributed by atoms with van der Waals surface area (Å²) >= 11 is 7.30. The molecular weight excluding hydrogens is 370 g/mol. The van der Waals surface area contributed by atoms with Crippen molar-refractivity contribution in [2.75, 3.05) is 0 Å². The SMILES string of the molecule is CCc1nc(-c2cc(Cl)ccc2OCc2cccc(C)c2)sc1C(=O)O. The van der Waals surface area contributed by atoms with Crippen molar-refractivity contribution in [1.29, 1.82) is 0 Å². The second kappa shape index (κ2) is 7.89. The lowest BCUT2D eigenvalue weighted by molar-refractivity contribution is 0.0701. The van der Waals surface area contributed by atoms with Crippen molar-refractivity contribution in [2.24, 2.45) is 0 Å². The van der Waals surface area contributed by atoms with Crippen LogP contribution in [-0.2, 0) is 13.0 Å². The van der Waals surface area contributed by atoms with Crippen molar-refractivity contribution >= 4 is 28.9 Å². The van der Waals surface area contributed by atoms with Crippen LogP contribution in [0.3, 0.4) is 0 Å². The monoisotopic (exact) mass is 387 g/mol. The Labute approximate surface area is 161 Å². The fourth-order valence-electron chi connectivity index (χ4n) is 2.63. The minimum Gasteiger partial charge on any atom is -0.488 e. The Kier molecular flexibility index (Phi) is 5.59. The zero-order valence-corrected chi connectivity index (χ0v) is 16.0. The molecule has 0 unspecified atom stereocenters. The van der Waals surface area contributed by atoms with Gasteiger partial charge in [0.1, 0.15) is 22.2 Å². The number of aromatic nitrogens is 1. The van der Waals surface area contributed by atoms with E-state index in [1.54, 1.807) is 18.2 Å². The highest BCUT2D eigenvalue weighted by Gasteiger charge is 2.19. The zero-order valence-electron chi connectivity index (χ0n) is 14.5. The lowest BCUT2D eigenvalue weighted by Crippen LogP contribution is -1.97. The molecule has 0 fully saturated rings. The molecule has 0 saturated carbocycles. The zero-order chi connectivity index (χ0) is 18.7. The second-order valence-corrected chi connectivity index (χ2v) is 7.31. The number of halogens is 1. The Morgan fingerprint density at radius 3 is 2.73 bits per heavy atom. The van der Waals surface area contributed by atoms with Crippen LogP contribution in [0.2, 0.25) is 5.02 Å². The standard InChI is InChI=1S/C20H18ClNO3S/c1-3-16-18(20(23)24)26-19(22-16)15-10-14(21)7-8-17(15)25-11-13-6-4-5-12(2)9-13/h4-10H,3,11H2,1-2H3,(H,23,24). The molecule has 0 saturated heterocycles. The van der Waals surface area contributed by atoms with Crippen LogP contribution in [0.4, 0.5) is 0 Å². The molecular formula is C20H18ClNO3S. The molecule has 26 heavy (non-hydrogen) atoms. The summed E-state index contributed by atoms with van der Waals surface area (Å²) in [6.07, 6.45) is 0.554. The molecule has 1 heterocycles. The number of nitrogens with zero attached hydrogens (tertiary/aromatic N) is 1. The number of hydrogen-bond acceptors (Lipinski definition) is 4. The summed E-state index contributed by atoms with van der Waals surface area (Å²) in [7, 11) is 0. The number of rotatable bonds is 6. The quantitative estimate of drug-likeness (QED) is 0.597. The van der Waals surface area contributed by atoms with E-state index in [1.165, 1.54) is 5.56 Å². The van der Waals surface area contributed by atoms with E-state index in [4.69, 9.17) is 16.3 Å². The first kappa shape index (κ1) is 18.4. The van der Waals surface area contributed by atoms with Gasteiger partial charge in [-0.15, -0.1) is 11.3 Å². The maximum absolute atomic E-state index is 11.4. The molecule has 0 aliphatic carbocycles. The number of thiazole rings is 1. The fourth-order valence-corrected chi connectivity index (χ4v) is 3.82. The third-order valence-electron chi connectivity index (χ3n) is 3.88. The first-order chi connectivity index (χ1) is 12.5. The Morgan fingerprint density at radius 1 is 1.27 bits per heavy atom. The Balaban J connectivity index is 1.95. The average molecular weight is 388 g/mol. The summed E-state index contributed by atoms with van der Waals surface area (Å²) < 4.78 is 5.99. The van der Waals surface area contributed by atoms with Gasteiger partial charge in [-0.2, -0.15) is 0 Å². The van der Waals surface area contributed by atoms with E-state index in [2.05, 4.69) is 11.1 Å². The third kappa shape index (κ3) is 4.06. The third-order valence-corrected chi connectivity index (χ3v) is 5.23. The van der Waals surface area contributed by atoms with Crippen LogP contribution in [0, 0.1) is 6.92 Å². The van der Waals surface area contributed by atoms with Crippen molar-refractivity contribution in [2.45, 2.75) is 26.9 Å². The lowest BCUT2D eigenvalue weighted by atomic mass is 10.1. The molecule has 2 aromatic carbocycles. The van der Waals surface area contributed by atoms with Gasteiger partial charge in [0.2, 0.25) is 0 Å². The average Bonchev–Trinajstić information content (AvgIpc) is 3.05. The van der Waals surface area contributed by atoms with E-state index < -0.39 is 5.97 Å². The summed E-state index contributed by atoms with van der Waals surface area (Å²) in [6, 6.07) is 13.4. The van der Waals surface area contributed by atoms with Crippen LogP contribution in [0.25, 0.3) is 10.6 Å². The lowest BCUT2D eigenvalue weighted by Gasteiger charge is -2.11. The number of carbonyl (C=O) groups is 1. The first-order valence-electron chi connectivity index (χ1n) is 8.19. The highest BCUT2D eigenvalue weighted by Crippen LogP contribution is 2.37. The smallest absolute Gasteiger partial charge is 0.347 e. The predicted molar refractivity (Wildman–Crippen MR) is 104 cm³/mol. The number of ether oxygens (including phenoxy) is 1. The molecule has 0 aliphatic rings. The number of aromatic carboxylic acids is 1. The van der Waals surface area contributed by atoms with Crippen LogP contribution in [-0.4, -0.2) is 16.1 Å². The molecule has 0 bridgehead atoms. The van der Waals surface area contributed by atoms with Crippen molar-refractivity contribution in [1.82, 2.24) is 4.98 Å². The van der Waals surface area contributed by atoms with Crippen LogP contribution in [0.5, 0.6) is 5.75 Å². The summed E-state index contributed by atoms with van der Waals surface area (Å²) in [4.78, 5) is 16.2. The highest BCUT2D eigenvalue weighted by molar-refractivity contribution is 7.17. The summed E-state index contributed by atoms with van der Waals surface area (Å²) in [5.74, 6) is -0.334. The molecule has 1 aromatic heterocycles. The fraction of sp³-hybridized carbons (Fsp3) is 0.200. The molecule has 6 heteroatoms. The summed E-state index contributed by atoms with van der Waals surface area (Å²) in [5, 5.41) is 10.5. The Bertz CT molecular complexity index is 952. The normalized spacial score (nSPS) is 10.7. The first-order valence-corrected chi connectivity index (χ1v) is 9.38. The van der Waals surface area contributed by atoms with E-state index >= 15 is 0 Å². The van der Waals surface area contributed by atoms with Crippen molar-refractivity contribution in [3.63, 3.8) is 0 Å². The van der Waals surface area contributed by atoms with E-state index in [0.717, 1.165) is 16.9 Å². The highest BCUT2D eigenvalue weighted by atomic mass is 35.5. The van der Waals surface area contributed by atoms with Gasteiger partial charge in [0.15, 0.2) is 0 Å². The van der Waals surface area contributed by atoms with Crippen LogP contribution >= 0.6 is 22.9 Å². The van der Waals surface area contributed by atoms with E-state index in [0.29, 0.717) is 40.1 Å². The van der Waals surface area contributed by atoms with Gasteiger partial charge in [0, 0.05) is 5.02 Å². The van der Waals surface area contributed by atoms with E-state index in [9.17, 15) is 9.90 Å². The maximum atomic E-state index is 11.4. The van der Waals surface area contributed by atoms with Crippen LogP contribution in [0.1, 0.15) is 33.4 Å². The Hall–Kier alpha value is -2.37. The number of carboxylic acid groups (broad SMARTS) is 1. The van der Waals surface area contributed by atoms with Gasteiger partial charge in [-0.3, -0.25) is 0 Å². The van der Waals surface area contributed by atoms with Gasteiger partial charge in [0.25, 0.3) is 0 Å². The molecule has 134 valence electrons. The topological polar surface area (TPSA) is 59.4 Å². The molecule has 0 amide bonds. The van der Waals surface area contributed by atoms with Crippen molar-refractivity contribution in [3.8, 4) is 16.3 Å². The second-order valence-electron chi connectivity index (χ2n) is 5.87. The number of hydrogen-bond donors (Lipinski definition) is 1. The van der Waals surface area contributed by atoms with E-state index in [1.807, 2.05) is 32.0 Å². The van der Waals surface area contributed by atoms with Crippen LogP contribution < -0.4 is 4.74 Å². The largest absolute Gasteiger partial charge is 0.488 e. The number of aryl methyl sites for hydroxylation is 2. The van der Waals surface area contributed by atoms with Gasteiger partial charge in [0.05, 0.1) is 11.3 Å². The Morgan fingerprint density at radius 2 is 2.08 bits per heavy atom. The predicted octanol–water partition coefficient (Wildman–Crippen LogP) is 5.61. The van der Waals surface area contributed by atoms with Gasteiger partial charge in [-0.1, -0.05) is 48.4 Å². The molecule has 3 rings (SSSR count). The van der Waals surface area contributed by atoms with Crippen LogP contribution in [0.15, 0.2) is 42.5 Å². The maximum Gasteiger partial charge on any atom is 0.347 e.